The van der Waals surface area contributed by atoms with Crippen LogP contribution < -0.4 is 5.73 Å². The van der Waals surface area contributed by atoms with Crippen molar-refractivity contribution >= 4 is 29.3 Å². The quantitative estimate of drug-likeness (QED) is 0.650. The summed E-state index contributed by atoms with van der Waals surface area (Å²) in [5.41, 5.74) is 7.12. The minimum Gasteiger partial charge on any atom is -0.399 e. The highest BCUT2D eigenvalue weighted by Gasteiger charge is 2.37. The third kappa shape index (κ3) is 1.79. The molecule has 5 heteroatoms. The third-order valence-corrected chi connectivity index (χ3v) is 4.69. The molecular weight excluding hydrogens is 248 g/mol. The van der Waals surface area contributed by atoms with Crippen LogP contribution in [0.4, 0.5) is 5.69 Å². The zero-order valence-corrected chi connectivity index (χ0v) is 10.7. The van der Waals surface area contributed by atoms with Crippen LogP contribution >= 0.6 is 11.8 Å². The maximum atomic E-state index is 12.2. The summed E-state index contributed by atoms with van der Waals surface area (Å²) in [7, 11) is 0. The van der Waals surface area contributed by atoms with E-state index in [1.165, 1.54) is 4.90 Å². The van der Waals surface area contributed by atoms with Crippen LogP contribution in [0.25, 0.3) is 0 Å². The average Bonchev–Trinajstić information content (AvgIpc) is 2.93. The van der Waals surface area contributed by atoms with Crippen molar-refractivity contribution < 1.29 is 9.59 Å². The predicted molar refractivity (Wildman–Crippen MR) is 71.7 cm³/mol. The molecule has 0 bridgehead atoms. The smallest absolute Gasteiger partial charge is 0.261 e. The molecule has 0 spiro atoms. The maximum Gasteiger partial charge on any atom is 0.261 e. The largest absolute Gasteiger partial charge is 0.399 e. The molecule has 1 fully saturated rings. The summed E-state index contributed by atoms with van der Waals surface area (Å²) >= 11 is 1.89. The summed E-state index contributed by atoms with van der Waals surface area (Å²) < 4.78 is 0. The highest BCUT2D eigenvalue weighted by Crippen LogP contribution is 2.29. The standard InChI is InChI=1S/C13H14N2O2S/c14-9-1-2-10-11(5-9)13(17)15(12(10)16)6-8-3-4-18-7-8/h1-2,5,8H,3-4,6-7,14H2. The van der Waals surface area contributed by atoms with Crippen molar-refractivity contribution in [2.45, 2.75) is 6.42 Å². The fraction of sp³-hybridized carbons (Fsp3) is 0.385. The average molecular weight is 262 g/mol. The topological polar surface area (TPSA) is 63.4 Å². The lowest BCUT2D eigenvalue weighted by molar-refractivity contribution is 0.0634. The van der Waals surface area contributed by atoms with Crippen LogP contribution in [0, 0.1) is 5.92 Å². The molecule has 0 aliphatic carbocycles. The second kappa shape index (κ2) is 4.31. The number of anilines is 1. The van der Waals surface area contributed by atoms with Crippen molar-refractivity contribution in [2.24, 2.45) is 5.92 Å². The van der Waals surface area contributed by atoms with Gasteiger partial charge in [0.05, 0.1) is 11.1 Å². The van der Waals surface area contributed by atoms with E-state index in [2.05, 4.69) is 0 Å². The Morgan fingerprint density at radius 1 is 1.28 bits per heavy atom. The molecule has 2 aliphatic rings. The van der Waals surface area contributed by atoms with Crippen LogP contribution in [0.5, 0.6) is 0 Å². The Kier molecular flexibility index (Phi) is 2.78. The van der Waals surface area contributed by atoms with E-state index in [1.807, 2.05) is 11.8 Å². The first-order valence-electron chi connectivity index (χ1n) is 6.00. The van der Waals surface area contributed by atoms with Gasteiger partial charge in [0.1, 0.15) is 0 Å². The van der Waals surface area contributed by atoms with Gasteiger partial charge in [0.15, 0.2) is 0 Å². The first-order valence-corrected chi connectivity index (χ1v) is 7.16. The first kappa shape index (κ1) is 11.6. The number of nitrogens with two attached hydrogens (primary N) is 1. The molecule has 1 atom stereocenters. The number of amides is 2. The van der Waals surface area contributed by atoms with E-state index < -0.39 is 0 Å². The van der Waals surface area contributed by atoms with Gasteiger partial charge in [0, 0.05) is 12.2 Å². The maximum absolute atomic E-state index is 12.2. The minimum atomic E-state index is -0.195. The van der Waals surface area contributed by atoms with Crippen LogP contribution in [0.1, 0.15) is 27.1 Å². The van der Waals surface area contributed by atoms with E-state index >= 15 is 0 Å². The number of rotatable bonds is 2. The molecular formula is C13H14N2O2S. The van der Waals surface area contributed by atoms with Crippen molar-refractivity contribution in [2.75, 3.05) is 23.8 Å². The number of hydrogen-bond acceptors (Lipinski definition) is 4. The van der Waals surface area contributed by atoms with Gasteiger partial charge in [-0.25, -0.2) is 0 Å². The van der Waals surface area contributed by atoms with Gasteiger partial charge >= 0.3 is 0 Å². The summed E-state index contributed by atoms with van der Waals surface area (Å²) in [6, 6.07) is 4.91. The van der Waals surface area contributed by atoms with Crippen LogP contribution in [0.15, 0.2) is 18.2 Å². The van der Waals surface area contributed by atoms with E-state index in [9.17, 15) is 9.59 Å². The van der Waals surface area contributed by atoms with Gasteiger partial charge in [-0.3, -0.25) is 14.5 Å². The normalized spacial score (nSPS) is 22.7. The SMILES string of the molecule is Nc1ccc2c(c1)C(=O)N(CC1CCSC1)C2=O. The van der Waals surface area contributed by atoms with Gasteiger partial charge in [-0.05, 0) is 42.0 Å². The molecule has 2 N–H and O–H groups in total. The van der Waals surface area contributed by atoms with Crippen molar-refractivity contribution in [3.05, 3.63) is 29.3 Å². The molecule has 1 aromatic carbocycles. The van der Waals surface area contributed by atoms with Crippen LogP contribution in [-0.2, 0) is 0 Å². The number of benzene rings is 1. The third-order valence-electron chi connectivity index (χ3n) is 3.46. The van der Waals surface area contributed by atoms with Crippen molar-refractivity contribution in [1.82, 2.24) is 4.90 Å². The van der Waals surface area contributed by atoms with Gasteiger partial charge in [-0.1, -0.05) is 0 Å². The van der Waals surface area contributed by atoms with Crippen molar-refractivity contribution in [3.8, 4) is 0 Å². The Hall–Kier alpha value is -1.49. The van der Waals surface area contributed by atoms with Gasteiger partial charge in [-0.15, -0.1) is 0 Å². The summed E-state index contributed by atoms with van der Waals surface area (Å²) in [4.78, 5) is 25.7. The van der Waals surface area contributed by atoms with Gasteiger partial charge in [-0.2, -0.15) is 11.8 Å². The lowest BCUT2D eigenvalue weighted by atomic mass is 10.1. The minimum absolute atomic E-state index is 0.174. The van der Waals surface area contributed by atoms with E-state index in [1.54, 1.807) is 18.2 Å². The van der Waals surface area contributed by atoms with Crippen LogP contribution in [0.2, 0.25) is 0 Å². The van der Waals surface area contributed by atoms with E-state index in [4.69, 9.17) is 5.73 Å². The van der Waals surface area contributed by atoms with Gasteiger partial charge in [0.25, 0.3) is 11.8 Å². The molecule has 1 saturated heterocycles. The Labute approximate surface area is 110 Å². The Morgan fingerprint density at radius 3 is 2.78 bits per heavy atom. The van der Waals surface area contributed by atoms with Gasteiger partial charge < -0.3 is 5.73 Å². The molecule has 94 valence electrons. The van der Waals surface area contributed by atoms with E-state index in [-0.39, 0.29) is 11.8 Å². The summed E-state index contributed by atoms with van der Waals surface area (Å²) in [5, 5.41) is 0. The fourth-order valence-electron chi connectivity index (χ4n) is 2.46. The molecule has 0 saturated carbocycles. The molecule has 2 heterocycles. The highest BCUT2D eigenvalue weighted by molar-refractivity contribution is 7.99. The lowest BCUT2D eigenvalue weighted by Crippen LogP contribution is -2.34. The summed E-state index contributed by atoms with van der Waals surface area (Å²) in [5.74, 6) is 2.23. The second-order valence-electron chi connectivity index (χ2n) is 4.76. The van der Waals surface area contributed by atoms with E-state index in [0.29, 0.717) is 29.3 Å². The number of imide groups is 1. The summed E-state index contributed by atoms with van der Waals surface area (Å²) in [6.07, 6.45) is 1.08. The highest BCUT2D eigenvalue weighted by atomic mass is 32.2. The number of carbonyl (C=O) groups is 2. The molecule has 18 heavy (non-hydrogen) atoms. The monoisotopic (exact) mass is 262 g/mol. The lowest BCUT2D eigenvalue weighted by Gasteiger charge is -2.17. The van der Waals surface area contributed by atoms with E-state index in [0.717, 1.165) is 17.9 Å². The molecule has 1 aromatic rings. The Balaban J connectivity index is 1.87. The van der Waals surface area contributed by atoms with Crippen molar-refractivity contribution in [1.29, 1.82) is 0 Å². The zero-order chi connectivity index (χ0) is 12.7. The molecule has 0 radical (unpaired) electrons. The number of hydrogen-bond donors (Lipinski definition) is 1. The van der Waals surface area contributed by atoms with Crippen molar-refractivity contribution in [3.63, 3.8) is 0 Å². The molecule has 0 aromatic heterocycles. The Bertz CT molecular complexity index is 524. The predicted octanol–water partition coefficient (Wildman–Crippen LogP) is 1.62. The molecule has 2 aliphatic heterocycles. The van der Waals surface area contributed by atoms with Crippen LogP contribution in [-0.4, -0.2) is 34.8 Å². The van der Waals surface area contributed by atoms with Crippen LogP contribution in [0.3, 0.4) is 0 Å². The molecule has 4 nitrogen and oxygen atoms in total. The molecule has 2 amide bonds. The number of nitrogens with zero attached hydrogens (tertiary/aromatic N) is 1. The first-order chi connectivity index (χ1) is 8.66. The number of fused-ring (bicyclic) bond motifs is 1. The number of nitrogen functional groups attached to an aromatic ring is 1. The Morgan fingerprint density at radius 2 is 2.06 bits per heavy atom. The van der Waals surface area contributed by atoms with Gasteiger partial charge in [0.2, 0.25) is 0 Å². The number of carbonyl (C=O) groups excluding carboxylic acids is 2. The second-order valence-corrected chi connectivity index (χ2v) is 5.91. The summed E-state index contributed by atoms with van der Waals surface area (Å²) in [6.45, 7) is 0.541. The fourth-order valence-corrected chi connectivity index (χ4v) is 3.73. The number of thioether (sulfide) groups is 1. The zero-order valence-electron chi connectivity index (χ0n) is 9.89. The molecule has 3 rings (SSSR count). The molecule has 1 unspecified atom stereocenters.